The van der Waals surface area contributed by atoms with E-state index in [9.17, 15) is 4.79 Å². The Morgan fingerprint density at radius 2 is 2.10 bits per heavy atom. The molecule has 0 aliphatic carbocycles. The third-order valence-corrected chi connectivity index (χ3v) is 3.16. The summed E-state index contributed by atoms with van der Waals surface area (Å²) in [6, 6.07) is 5.70. The average molecular weight is 294 g/mol. The highest BCUT2D eigenvalue weighted by Crippen LogP contribution is 2.26. The number of aryl methyl sites for hydroxylation is 1. The van der Waals surface area contributed by atoms with E-state index in [-0.39, 0.29) is 11.9 Å². The predicted octanol–water partition coefficient (Wildman–Crippen LogP) is 1.93. The molecule has 2 unspecified atom stereocenters. The van der Waals surface area contributed by atoms with Gasteiger partial charge < -0.3 is 20.5 Å². The monoisotopic (exact) mass is 294 g/mol. The number of ether oxygens (including phenoxy) is 2. The van der Waals surface area contributed by atoms with Crippen molar-refractivity contribution in [1.82, 2.24) is 5.32 Å². The van der Waals surface area contributed by atoms with E-state index in [4.69, 9.17) is 15.2 Å². The van der Waals surface area contributed by atoms with Gasteiger partial charge >= 0.3 is 0 Å². The fourth-order valence-corrected chi connectivity index (χ4v) is 1.94. The van der Waals surface area contributed by atoms with Gasteiger partial charge in [-0.05, 0) is 38.8 Å². The highest BCUT2D eigenvalue weighted by Gasteiger charge is 2.17. The van der Waals surface area contributed by atoms with Crippen LogP contribution in [0.3, 0.4) is 0 Å². The molecule has 0 aromatic heterocycles. The fraction of sp³-hybridized carbons (Fsp3) is 0.562. The maximum absolute atomic E-state index is 12.0. The van der Waals surface area contributed by atoms with Crippen LogP contribution in [0.15, 0.2) is 18.2 Å². The van der Waals surface area contributed by atoms with Crippen LogP contribution >= 0.6 is 0 Å². The van der Waals surface area contributed by atoms with Gasteiger partial charge in [-0.25, -0.2) is 0 Å². The number of carbonyl (C=O) groups is 1. The number of carbonyl (C=O) groups excluding carboxylic acids is 1. The third kappa shape index (κ3) is 5.73. The molecule has 5 heteroatoms. The second kappa shape index (κ2) is 8.64. The topological polar surface area (TPSA) is 73.6 Å². The normalized spacial score (nSPS) is 13.6. The molecule has 0 fully saturated rings. The van der Waals surface area contributed by atoms with Gasteiger partial charge in [-0.2, -0.15) is 0 Å². The van der Waals surface area contributed by atoms with Gasteiger partial charge in [0.2, 0.25) is 0 Å². The van der Waals surface area contributed by atoms with Crippen molar-refractivity contribution >= 4 is 5.91 Å². The Hall–Kier alpha value is -1.59. The summed E-state index contributed by atoms with van der Waals surface area (Å²) in [7, 11) is 1.64. The van der Waals surface area contributed by atoms with Crippen molar-refractivity contribution in [3.8, 4) is 5.75 Å². The SMILES string of the molecule is COCCCNC(=O)C(C)Oc1cc(C)ccc1C(C)N. The summed E-state index contributed by atoms with van der Waals surface area (Å²) in [6.07, 6.45) is 0.219. The Balaban J connectivity index is 2.63. The summed E-state index contributed by atoms with van der Waals surface area (Å²) < 4.78 is 10.7. The van der Waals surface area contributed by atoms with Crippen LogP contribution in [-0.4, -0.2) is 32.3 Å². The molecule has 0 saturated carbocycles. The quantitative estimate of drug-likeness (QED) is 0.719. The predicted molar refractivity (Wildman–Crippen MR) is 83.4 cm³/mol. The van der Waals surface area contributed by atoms with Crippen molar-refractivity contribution in [3.63, 3.8) is 0 Å². The number of hydrogen-bond donors (Lipinski definition) is 2. The Morgan fingerprint density at radius 1 is 1.38 bits per heavy atom. The largest absolute Gasteiger partial charge is 0.481 e. The molecule has 1 rings (SSSR count). The lowest BCUT2D eigenvalue weighted by Crippen LogP contribution is -2.37. The summed E-state index contributed by atoms with van der Waals surface area (Å²) >= 11 is 0. The van der Waals surface area contributed by atoms with Crippen LogP contribution in [0.5, 0.6) is 5.75 Å². The molecule has 0 aliphatic rings. The van der Waals surface area contributed by atoms with E-state index in [1.54, 1.807) is 14.0 Å². The van der Waals surface area contributed by atoms with E-state index in [0.29, 0.717) is 18.9 Å². The van der Waals surface area contributed by atoms with Gasteiger partial charge in [0, 0.05) is 31.9 Å². The number of amides is 1. The summed E-state index contributed by atoms with van der Waals surface area (Å²) in [6.45, 7) is 6.82. The van der Waals surface area contributed by atoms with E-state index in [0.717, 1.165) is 17.5 Å². The smallest absolute Gasteiger partial charge is 0.260 e. The maximum atomic E-state index is 12.0. The fourth-order valence-electron chi connectivity index (χ4n) is 1.94. The zero-order valence-corrected chi connectivity index (χ0v) is 13.3. The Labute approximate surface area is 126 Å². The number of nitrogens with two attached hydrogens (primary N) is 1. The highest BCUT2D eigenvalue weighted by atomic mass is 16.5. The van der Waals surface area contributed by atoms with Gasteiger partial charge in [-0.1, -0.05) is 12.1 Å². The van der Waals surface area contributed by atoms with Crippen LogP contribution in [0, 0.1) is 6.92 Å². The minimum Gasteiger partial charge on any atom is -0.481 e. The first kappa shape index (κ1) is 17.5. The van der Waals surface area contributed by atoms with Crippen LogP contribution < -0.4 is 15.8 Å². The van der Waals surface area contributed by atoms with Gasteiger partial charge in [0.1, 0.15) is 5.75 Å². The molecule has 118 valence electrons. The molecule has 1 amide bonds. The first-order chi connectivity index (χ1) is 9.95. The van der Waals surface area contributed by atoms with Crippen molar-refractivity contribution in [3.05, 3.63) is 29.3 Å². The van der Waals surface area contributed by atoms with Gasteiger partial charge in [0.05, 0.1) is 0 Å². The Bertz CT molecular complexity index is 461. The maximum Gasteiger partial charge on any atom is 0.260 e. The lowest BCUT2D eigenvalue weighted by Gasteiger charge is -2.19. The molecule has 0 saturated heterocycles. The summed E-state index contributed by atoms with van der Waals surface area (Å²) in [5.41, 5.74) is 7.91. The molecule has 3 N–H and O–H groups in total. The van der Waals surface area contributed by atoms with Crippen molar-refractivity contribution in [2.75, 3.05) is 20.3 Å². The summed E-state index contributed by atoms with van der Waals surface area (Å²) in [4.78, 5) is 12.0. The lowest BCUT2D eigenvalue weighted by atomic mass is 10.1. The molecular weight excluding hydrogens is 268 g/mol. The number of methoxy groups -OCH3 is 1. The van der Waals surface area contributed by atoms with E-state index < -0.39 is 6.10 Å². The highest BCUT2D eigenvalue weighted by molar-refractivity contribution is 5.80. The molecular formula is C16H26N2O3. The zero-order chi connectivity index (χ0) is 15.8. The van der Waals surface area contributed by atoms with Crippen LogP contribution in [0.2, 0.25) is 0 Å². The summed E-state index contributed by atoms with van der Waals surface area (Å²) in [5, 5.41) is 2.83. The number of rotatable bonds is 8. The van der Waals surface area contributed by atoms with E-state index in [1.807, 2.05) is 32.0 Å². The van der Waals surface area contributed by atoms with Gasteiger partial charge in [-0.15, -0.1) is 0 Å². The van der Waals surface area contributed by atoms with Crippen molar-refractivity contribution in [2.45, 2.75) is 39.3 Å². The Kier molecular flexibility index (Phi) is 7.19. The second-order valence-electron chi connectivity index (χ2n) is 5.23. The zero-order valence-electron chi connectivity index (χ0n) is 13.3. The minimum atomic E-state index is -0.563. The van der Waals surface area contributed by atoms with E-state index in [1.165, 1.54) is 0 Å². The molecule has 0 bridgehead atoms. The van der Waals surface area contributed by atoms with Crippen molar-refractivity contribution < 1.29 is 14.3 Å². The van der Waals surface area contributed by atoms with Crippen LogP contribution in [0.4, 0.5) is 0 Å². The van der Waals surface area contributed by atoms with Gasteiger partial charge in [0.25, 0.3) is 5.91 Å². The first-order valence-corrected chi connectivity index (χ1v) is 7.25. The second-order valence-corrected chi connectivity index (χ2v) is 5.23. The molecule has 5 nitrogen and oxygen atoms in total. The van der Waals surface area contributed by atoms with E-state index in [2.05, 4.69) is 5.32 Å². The minimum absolute atomic E-state index is 0.136. The molecule has 1 aromatic carbocycles. The molecule has 21 heavy (non-hydrogen) atoms. The molecule has 0 radical (unpaired) electrons. The van der Waals surface area contributed by atoms with Gasteiger partial charge in [0.15, 0.2) is 6.10 Å². The molecule has 2 atom stereocenters. The third-order valence-electron chi connectivity index (χ3n) is 3.16. The van der Waals surface area contributed by atoms with Crippen LogP contribution in [-0.2, 0) is 9.53 Å². The molecule has 0 spiro atoms. The standard InChI is InChI=1S/C16H26N2O3/c1-11-6-7-14(12(2)17)15(10-11)21-13(3)16(19)18-8-5-9-20-4/h6-7,10,12-13H,5,8-9,17H2,1-4H3,(H,18,19). The number of nitrogens with one attached hydrogen (secondary N) is 1. The van der Waals surface area contributed by atoms with Crippen LogP contribution in [0.1, 0.15) is 37.4 Å². The first-order valence-electron chi connectivity index (χ1n) is 7.25. The van der Waals surface area contributed by atoms with Crippen LogP contribution in [0.25, 0.3) is 0 Å². The Morgan fingerprint density at radius 3 is 2.71 bits per heavy atom. The van der Waals surface area contributed by atoms with E-state index >= 15 is 0 Å². The molecule has 0 heterocycles. The molecule has 1 aromatic rings. The number of benzene rings is 1. The molecule has 0 aliphatic heterocycles. The summed E-state index contributed by atoms with van der Waals surface area (Å²) in [5.74, 6) is 0.535. The van der Waals surface area contributed by atoms with Crippen molar-refractivity contribution in [1.29, 1.82) is 0 Å². The van der Waals surface area contributed by atoms with Crippen molar-refractivity contribution in [2.24, 2.45) is 5.73 Å². The van der Waals surface area contributed by atoms with Gasteiger partial charge in [-0.3, -0.25) is 4.79 Å². The average Bonchev–Trinajstić information content (AvgIpc) is 2.43. The lowest BCUT2D eigenvalue weighted by molar-refractivity contribution is -0.127. The number of hydrogen-bond acceptors (Lipinski definition) is 4.